The van der Waals surface area contributed by atoms with Crippen LogP contribution < -0.4 is 5.32 Å². The van der Waals surface area contributed by atoms with Crippen LogP contribution >= 0.6 is 0 Å². The van der Waals surface area contributed by atoms with Crippen LogP contribution in [-0.4, -0.2) is 48.5 Å². The Kier molecular flexibility index (Phi) is 6.88. The Labute approximate surface area is 203 Å². The predicted molar refractivity (Wildman–Crippen MR) is 132 cm³/mol. The first kappa shape index (κ1) is 23.6. The highest BCUT2D eigenvalue weighted by Gasteiger charge is 2.34. The van der Waals surface area contributed by atoms with Gasteiger partial charge in [-0.1, -0.05) is 24.3 Å². The monoisotopic (exact) mass is 480 g/mol. The van der Waals surface area contributed by atoms with E-state index in [4.69, 9.17) is 4.74 Å². The molecule has 5 rings (SSSR count). The van der Waals surface area contributed by atoms with Crippen LogP contribution in [-0.2, 0) is 10.9 Å². The van der Waals surface area contributed by atoms with Gasteiger partial charge >= 0.3 is 6.18 Å². The topological polar surface area (TPSA) is 27.5 Å². The Hall–Kier alpha value is -3.16. The third kappa shape index (κ3) is 5.57. The number of alkyl halides is 3. The zero-order valence-corrected chi connectivity index (χ0v) is 19.5. The van der Waals surface area contributed by atoms with Crippen molar-refractivity contribution < 1.29 is 22.5 Å². The fourth-order valence-electron chi connectivity index (χ4n) is 4.88. The van der Waals surface area contributed by atoms with Crippen molar-refractivity contribution in [1.82, 2.24) is 4.90 Å². The molecule has 1 fully saturated rings. The first-order valence-electron chi connectivity index (χ1n) is 12.0. The standard InChI is InChI=1S/C28H29F3N3O/c29-28(30,31)22-6-4-7-23(19-22)32-24-11-12-26-21(18-24)20-34(25-8-2-1-3-9-25)27(26)10-5-13-33-14-16-35-17-15-33/h1-4,6-9,11-12,18-20,27,32H,5,10,13-17H2/q+1. The van der Waals surface area contributed by atoms with Gasteiger partial charge in [-0.3, -0.25) is 4.90 Å². The molecule has 2 heterocycles. The molecule has 1 atom stereocenters. The van der Waals surface area contributed by atoms with E-state index >= 15 is 0 Å². The molecular formula is C28H29F3N3O+. The number of hydrogen-bond donors (Lipinski definition) is 1. The molecule has 35 heavy (non-hydrogen) atoms. The summed E-state index contributed by atoms with van der Waals surface area (Å²) in [5, 5.41) is 3.14. The summed E-state index contributed by atoms with van der Waals surface area (Å²) in [6.07, 6.45) is -0.128. The number of halogens is 3. The maximum Gasteiger partial charge on any atom is 0.416 e. The highest BCUT2D eigenvalue weighted by atomic mass is 19.4. The van der Waals surface area contributed by atoms with E-state index in [1.165, 1.54) is 11.6 Å². The van der Waals surface area contributed by atoms with Crippen molar-refractivity contribution in [3.63, 3.8) is 0 Å². The van der Waals surface area contributed by atoms with Gasteiger partial charge in [0, 0.05) is 48.6 Å². The van der Waals surface area contributed by atoms with Gasteiger partial charge < -0.3 is 10.1 Å². The van der Waals surface area contributed by atoms with Gasteiger partial charge in [-0.05, 0) is 49.4 Å². The van der Waals surface area contributed by atoms with Crippen molar-refractivity contribution in [1.29, 1.82) is 0 Å². The quantitative estimate of drug-likeness (QED) is 0.398. The van der Waals surface area contributed by atoms with Gasteiger partial charge in [0.15, 0.2) is 12.3 Å². The van der Waals surface area contributed by atoms with E-state index < -0.39 is 11.7 Å². The van der Waals surface area contributed by atoms with Crippen molar-refractivity contribution in [3.8, 4) is 0 Å². The minimum Gasteiger partial charge on any atom is -0.379 e. The molecule has 2 aliphatic heterocycles. The van der Waals surface area contributed by atoms with Gasteiger partial charge in [0.25, 0.3) is 0 Å². The molecule has 0 aliphatic carbocycles. The Balaban J connectivity index is 1.36. The Morgan fingerprint density at radius 3 is 2.46 bits per heavy atom. The number of para-hydroxylation sites is 1. The molecule has 7 heteroatoms. The van der Waals surface area contributed by atoms with Crippen LogP contribution in [0.4, 0.5) is 30.2 Å². The smallest absolute Gasteiger partial charge is 0.379 e. The Morgan fingerprint density at radius 2 is 1.69 bits per heavy atom. The predicted octanol–water partition coefficient (Wildman–Crippen LogP) is 6.38. The maximum absolute atomic E-state index is 13.1. The zero-order chi connectivity index (χ0) is 24.3. The lowest BCUT2D eigenvalue weighted by Crippen LogP contribution is -2.37. The number of morpholine rings is 1. The molecule has 0 amide bonds. The van der Waals surface area contributed by atoms with Crippen LogP contribution in [0.1, 0.15) is 35.6 Å². The van der Waals surface area contributed by atoms with Crippen molar-refractivity contribution in [3.05, 3.63) is 89.5 Å². The number of nitrogens with zero attached hydrogens (tertiary/aromatic N) is 2. The summed E-state index contributed by atoms with van der Waals surface area (Å²) in [5.74, 6) is 0. The van der Waals surface area contributed by atoms with E-state index in [-0.39, 0.29) is 6.04 Å². The normalized spacial score (nSPS) is 18.3. The van der Waals surface area contributed by atoms with Gasteiger partial charge in [-0.2, -0.15) is 17.7 Å². The summed E-state index contributed by atoms with van der Waals surface area (Å²) in [6, 6.07) is 21.9. The van der Waals surface area contributed by atoms with E-state index in [2.05, 4.69) is 39.2 Å². The molecule has 0 aromatic heterocycles. The molecule has 0 radical (unpaired) electrons. The van der Waals surface area contributed by atoms with Crippen LogP contribution in [0.15, 0.2) is 72.8 Å². The molecule has 0 bridgehead atoms. The molecule has 0 spiro atoms. The summed E-state index contributed by atoms with van der Waals surface area (Å²) < 4.78 is 47.1. The van der Waals surface area contributed by atoms with E-state index in [0.717, 1.165) is 74.8 Å². The SMILES string of the molecule is FC(F)(F)c1cccc(Nc2ccc3c(c2)C=[N+](c2ccccc2)C3CCCN2CCOCC2)c1. The van der Waals surface area contributed by atoms with Crippen molar-refractivity contribution >= 4 is 23.3 Å². The number of ether oxygens (including phenoxy) is 1. The average Bonchev–Trinajstić information content (AvgIpc) is 3.23. The third-order valence-electron chi connectivity index (χ3n) is 6.65. The second-order valence-electron chi connectivity index (χ2n) is 9.03. The molecule has 3 aromatic rings. The van der Waals surface area contributed by atoms with Crippen molar-refractivity contribution in [2.24, 2.45) is 0 Å². The summed E-state index contributed by atoms with van der Waals surface area (Å²) in [6.45, 7) is 4.63. The fourth-order valence-corrected chi connectivity index (χ4v) is 4.88. The molecule has 1 saturated heterocycles. The molecule has 1 N–H and O–H groups in total. The molecular weight excluding hydrogens is 451 g/mol. The Morgan fingerprint density at radius 1 is 0.914 bits per heavy atom. The molecule has 182 valence electrons. The highest BCUT2D eigenvalue weighted by Crippen LogP contribution is 2.37. The van der Waals surface area contributed by atoms with Gasteiger partial charge in [0.05, 0.1) is 24.3 Å². The van der Waals surface area contributed by atoms with Gasteiger partial charge in [0.2, 0.25) is 5.69 Å². The van der Waals surface area contributed by atoms with Crippen LogP contribution in [0.25, 0.3) is 0 Å². The lowest BCUT2D eigenvalue weighted by molar-refractivity contribution is -0.483. The lowest BCUT2D eigenvalue weighted by Gasteiger charge is -2.26. The minimum absolute atomic E-state index is 0.219. The molecule has 1 unspecified atom stereocenters. The number of nitrogens with one attached hydrogen (secondary N) is 1. The molecule has 3 aromatic carbocycles. The van der Waals surface area contributed by atoms with E-state index in [1.807, 2.05) is 30.3 Å². The number of fused-ring (bicyclic) bond motifs is 1. The number of anilines is 2. The zero-order valence-electron chi connectivity index (χ0n) is 19.5. The fraction of sp³-hybridized carbons (Fsp3) is 0.321. The van der Waals surface area contributed by atoms with E-state index in [0.29, 0.717) is 5.69 Å². The third-order valence-corrected chi connectivity index (χ3v) is 6.65. The highest BCUT2D eigenvalue weighted by molar-refractivity contribution is 5.84. The van der Waals surface area contributed by atoms with Crippen molar-refractivity contribution in [2.75, 3.05) is 38.2 Å². The number of benzene rings is 3. The summed E-state index contributed by atoms with van der Waals surface area (Å²) >= 11 is 0. The summed E-state index contributed by atoms with van der Waals surface area (Å²) in [4.78, 5) is 2.46. The minimum atomic E-state index is -4.37. The molecule has 4 nitrogen and oxygen atoms in total. The largest absolute Gasteiger partial charge is 0.416 e. The van der Waals surface area contributed by atoms with Crippen LogP contribution in [0.2, 0.25) is 0 Å². The Bertz CT molecular complexity index is 1190. The van der Waals surface area contributed by atoms with Crippen LogP contribution in [0.5, 0.6) is 0 Å². The van der Waals surface area contributed by atoms with E-state index in [1.54, 1.807) is 6.07 Å². The first-order valence-corrected chi connectivity index (χ1v) is 12.0. The lowest BCUT2D eigenvalue weighted by atomic mass is 9.99. The summed E-state index contributed by atoms with van der Waals surface area (Å²) in [7, 11) is 0. The average molecular weight is 481 g/mol. The van der Waals surface area contributed by atoms with Gasteiger partial charge in [-0.15, -0.1) is 0 Å². The number of hydrogen-bond acceptors (Lipinski definition) is 3. The molecule has 0 saturated carbocycles. The van der Waals surface area contributed by atoms with Gasteiger partial charge in [-0.25, -0.2) is 0 Å². The van der Waals surface area contributed by atoms with Crippen LogP contribution in [0.3, 0.4) is 0 Å². The first-order chi connectivity index (χ1) is 17.0. The number of rotatable bonds is 7. The van der Waals surface area contributed by atoms with Crippen molar-refractivity contribution in [2.45, 2.75) is 25.1 Å². The van der Waals surface area contributed by atoms with Gasteiger partial charge in [0.1, 0.15) is 0 Å². The second-order valence-corrected chi connectivity index (χ2v) is 9.03. The van der Waals surface area contributed by atoms with E-state index in [9.17, 15) is 13.2 Å². The van der Waals surface area contributed by atoms with Crippen LogP contribution in [0, 0.1) is 0 Å². The summed E-state index contributed by atoms with van der Waals surface area (Å²) in [5.41, 5.74) is 3.98. The maximum atomic E-state index is 13.1. The second kappa shape index (κ2) is 10.2. The molecule has 2 aliphatic rings.